The normalized spacial score (nSPS) is 15.5. The molecule has 0 unspecified atom stereocenters. The summed E-state index contributed by atoms with van der Waals surface area (Å²) in [6.45, 7) is 8.31. The Labute approximate surface area is 199 Å². The molecule has 174 valence electrons. The van der Waals surface area contributed by atoms with Crippen LogP contribution in [0.2, 0.25) is 0 Å². The monoisotopic (exact) mass is 483 g/mol. The van der Waals surface area contributed by atoms with Gasteiger partial charge in [-0.3, -0.25) is 4.79 Å². The largest absolute Gasteiger partial charge is 0.326 e. The second kappa shape index (κ2) is 9.37. The van der Waals surface area contributed by atoms with Gasteiger partial charge in [-0.1, -0.05) is 6.07 Å². The van der Waals surface area contributed by atoms with E-state index in [0.717, 1.165) is 38.5 Å². The van der Waals surface area contributed by atoms with E-state index in [4.69, 9.17) is 0 Å². The predicted molar refractivity (Wildman–Crippen MR) is 133 cm³/mol. The average Bonchev–Trinajstić information content (AvgIpc) is 3.33. The van der Waals surface area contributed by atoms with Crippen molar-refractivity contribution in [1.29, 1.82) is 0 Å². The van der Waals surface area contributed by atoms with Crippen LogP contribution in [0, 0.1) is 33.6 Å². The maximum Gasteiger partial charge on any atom is 0.243 e. The number of sulfonamides is 1. The number of nitrogens with zero attached hydrogens (tertiary/aromatic N) is 2. The van der Waals surface area contributed by atoms with Gasteiger partial charge >= 0.3 is 0 Å². The molecule has 6 nitrogen and oxygen atoms in total. The first kappa shape index (κ1) is 23.6. The summed E-state index contributed by atoms with van der Waals surface area (Å²) < 4.78 is 28.4. The van der Waals surface area contributed by atoms with Crippen molar-refractivity contribution in [3.63, 3.8) is 0 Å². The maximum absolute atomic E-state index is 13.5. The van der Waals surface area contributed by atoms with Crippen LogP contribution in [0.4, 0.5) is 5.69 Å². The Hall–Kier alpha value is -2.55. The summed E-state index contributed by atoms with van der Waals surface area (Å²) in [5.41, 5.74) is 5.31. The van der Waals surface area contributed by atoms with Crippen LogP contribution in [-0.4, -0.2) is 36.7 Å². The first-order chi connectivity index (χ1) is 15.7. The minimum absolute atomic E-state index is 0.0622. The summed E-state index contributed by atoms with van der Waals surface area (Å²) in [7, 11) is -3.61. The molecule has 0 bridgehead atoms. The van der Waals surface area contributed by atoms with Gasteiger partial charge in [0.1, 0.15) is 5.01 Å². The molecule has 1 aliphatic heterocycles. The number of amides is 1. The molecule has 2 aromatic carbocycles. The molecular weight excluding hydrogens is 454 g/mol. The Morgan fingerprint density at radius 3 is 2.18 bits per heavy atom. The minimum atomic E-state index is -3.61. The van der Waals surface area contributed by atoms with Crippen molar-refractivity contribution in [2.75, 3.05) is 18.4 Å². The molecular formula is C25H29N3O3S2. The summed E-state index contributed by atoms with van der Waals surface area (Å²) >= 11 is 1.57. The molecule has 0 radical (unpaired) electrons. The highest BCUT2D eigenvalue weighted by molar-refractivity contribution is 7.89. The number of hydrogen-bond acceptors (Lipinski definition) is 5. The van der Waals surface area contributed by atoms with Crippen LogP contribution in [0.5, 0.6) is 0 Å². The molecule has 4 rings (SSSR count). The van der Waals surface area contributed by atoms with Gasteiger partial charge in [0.15, 0.2) is 0 Å². The molecule has 1 aliphatic rings. The Morgan fingerprint density at radius 1 is 1.03 bits per heavy atom. The van der Waals surface area contributed by atoms with Gasteiger partial charge in [0.2, 0.25) is 15.9 Å². The van der Waals surface area contributed by atoms with Crippen LogP contribution in [-0.2, 0) is 14.8 Å². The summed E-state index contributed by atoms with van der Waals surface area (Å²) in [6.07, 6.45) is 2.78. The second-order valence-electron chi connectivity index (χ2n) is 8.67. The fourth-order valence-corrected chi connectivity index (χ4v) is 7.05. The number of aromatic nitrogens is 1. The minimum Gasteiger partial charge on any atom is -0.326 e. The molecule has 1 saturated heterocycles. The average molecular weight is 484 g/mol. The van der Waals surface area contributed by atoms with E-state index in [0.29, 0.717) is 30.8 Å². The van der Waals surface area contributed by atoms with Gasteiger partial charge in [0.05, 0.1) is 4.90 Å². The van der Waals surface area contributed by atoms with Gasteiger partial charge in [0, 0.05) is 41.8 Å². The lowest BCUT2D eigenvalue weighted by molar-refractivity contribution is -0.120. The van der Waals surface area contributed by atoms with E-state index >= 15 is 0 Å². The van der Waals surface area contributed by atoms with Crippen LogP contribution >= 0.6 is 11.3 Å². The lowest BCUT2D eigenvalue weighted by Gasteiger charge is -2.31. The van der Waals surface area contributed by atoms with Crippen LogP contribution in [0.15, 0.2) is 46.8 Å². The van der Waals surface area contributed by atoms with Crippen molar-refractivity contribution in [2.45, 2.75) is 45.4 Å². The highest BCUT2D eigenvalue weighted by Crippen LogP contribution is 2.31. The smallest absolute Gasteiger partial charge is 0.243 e. The van der Waals surface area contributed by atoms with Crippen molar-refractivity contribution >= 4 is 33.0 Å². The standard InChI is InChI=1S/C25H29N3O3S2/c1-16-15-17(2)19(4)23(18(16)3)33(30,31)28-12-9-20(10-13-28)24(29)27-22-7-5-21(6-8-22)25-26-11-14-32-25/h5-8,11,14-15,20H,9-10,12-13H2,1-4H3,(H,27,29). The number of benzene rings is 2. The molecule has 33 heavy (non-hydrogen) atoms. The van der Waals surface area contributed by atoms with Crippen LogP contribution in [0.1, 0.15) is 35.1 Å². The molecule has 8 heteroatoms. The van der Waals surface area contributed by atoms with E-state index in [1.54, 1.807) is 17.5 Å². The molecule has 1 aromatic heterocycles. The lowest BCUT2D eigenvalue weighted by atomic mass is 9.97. The zero-order valence-corrected chi connectivity index (χ0v) is 21.0. The van der Waals surface area contributed by atoms with Crippen molar-refractivity contribution in [1.82, 2.24) is 9.29 Å². The van der Waals surface area contributed by atoms with E-state index in [1.807, 2.05) is 63.4 Å². The van der Waals surface area contributed by atoms with E-state index in [9.17, 15) is 13.2 Å². The summed E-state index contributed by atoms with van der Waals surface area (Å²) in [5.74, 6) is -0.274. The number of carbonyl (C=O) groups excluding carboxylic acids is 1. The molecule has 1 amide bonds. The molecule has 0 aliphatic carbocycles. The van der Waals surface area contributed by atoms with E-state index in [2.05, 4.69) is 10.3 Å². The zero-order chi connectivity index (χ0) is 23.8. The Bertz CT molecular complexity index is 1230. The maximum atomic E-state index is 13.5. The number of thiazole rings is 1. The highest BCUT2D eigenvalue weighted by atomic mass is 32.2. The van der Waals surface area contributed by atoms with E-state index in [-0.39, 0.29) is 11.8 Å². The van der Waals surface area contributed by atoms with E-state index < -0.39 is 10.0 Å². The third kappa shape index (κ3) is 4.74. The zero-order valence-electron chi connectivity index (χ0n) is 19.4. The van der Waals surface area contributed by atoms with Crippen LogP contribution in [0.3, 0.4) is 0 Å². The lowest BCUT2D eigenvalue weighted by Crippen LogP contribution is -2.41. The number of piperidine rings is 1. The number of aryl methyl sites for hydroxylation is 2. The summed E-state index contributed by atoms with van der Waals surface area (Å²) in [5, 5.41) is 5.85. The number of nitrogens with one attached hydrogen (secondary N) is 1. The first-order valence-corrected chi connectivity index (χ1v) is 13.4. The molecule has 1 N–H and O–H groups in total. The predicted octanol–water partition coefficient (Wildman–Crippen LogP) is 5.08. The molecule has 1 fully saturated rings. The van der Waals surface area contributed by atoms with Crippen molar-refractivity contribution in [3.05, 3.63) is 64.2 Å². The number of anilines is 1. The van der Waals surface area contributed by atoms with Gasteiger partial charge in [-0.15, -0.1) is 11.3 Å². The molecule has 3 aromatic rings. The summed E-state index contributed by atoms with van der Waals surface area (Å²) in [6, 6.07) is 9.67. The van der Waals surface area contributed by atoms with Crippen molar-refractivity contribution in [2.24, 2.45) is 5.92 Å². The highest BCUT2D eigenvalue weighted by Gasteiger charge is 2.34. The molecule has 0 atom stereocenters. The van der Waals surface area contributed by atoms with E-state index in [1.165, 1.54) is 4.31 Å². The first-order valence-electron chi connectivity index (χ1n) is 11.1. The van der Waals surface area contributed by atoms with Crippen LogP contribution in [0.25, 0.3) is 10.6 Å². The van der Waals surface area contributed by atoms with Crippen LogP contribution < -0.4 is 5.32 Å². The van der Waals surface area contributed by atoms with Crippen molar-refractivity contribution in [3.8, 4) is 10.6 Å². The van der Waals surface area contributed by atoms with Gasteiger partial charge < -0.3 is 5.32 Å². The Kier molecular flexibility index (Phi) is 6.70. The molecule has 0 saturated carbocycles. The number of rotatable bonds is 5. The molecule has 0 spiro atoms. The molecule has 2 heterocycles. The van der Waals surface area contributed by atoms with Crippen molar-refractivity contribution < 1.29 is 13.2 Å². The third-order valence-corrected chi connectivity index (χ3v) is 9.55. The summed E-state index contributed by atoms with van der Waals surface area (Å²) in [4.78, 5) is 17.5. The Morgan fingerprint density at radius 2 is 1.64 bits per heavy atom. The van der Waals surface area contributed by atoms with Gasteiger partial charge in [0.25, 0.3) is 0 Å². The van der Waals surface area contributed by atoms with Gasteiger partial charge in [-0.25, -0.2) is 13.4 Å². The Balaban J connectivity index is 1.41. The fourth-order valence-electron chi connectivity index (χ4n) is 4.36. The fraction of sp³-hybridized carbons (Fsp3) is 0.360. The second-order valence-corrected chi connectivity index (χ2v) is 11.4. The van der Waals surface area contributed by atoms with Gasteiger partial charge in [-0.05, 0) is 87.1 Å². The third-order valence-electron chi connectivity index (χ3n) is 6.55. The SMILES string of the molecule is Cc1cc(C)c(C)c(S(=O)(=O)N2CCC(C(=O)Nc3ccc(-c4nccs4)cc3)CC2)c1C. The van der Waals surface area contributed by atoms with Gasteiger partial charge in [-0.2, -0.15) is 4.31 Å². The number of hydrogen-bond donors (Lipinski definition) is 1. The number of carbonyl (C=O) groups is 1. The topological polar surface area (TPSA) is 79.4 Å². The quantitative estimate of drug-likeness (QED) is 0.549.